The van der Waals surface area contributed by atoms with Crippen molar-refractivity contribution in [3.05, 3.63) is 106 Å². The summed E-state index contributed by atoms with van der Waals surface area (Å²) in [7, 11) is 0. The first-order chi connectivity index (χ1) is 20.0. The summed E-state index contributed by atoms with van der Waals surface area (Å²) in [6.07, 6.45) is -3.30. The average Bonchev–Trinajstić information content (AvgIpc) is 3.32. The second-order valence-corrected chi connectivity index (χ2v) is 10.6. The van der Waals surface area contributed by atoms with Crippen molar-refractivity contribution in [3.63, 3.8) is 0 Å². The van der Waals surface area contributed by atoms with Crippen molar-refractivity contribution >= 4 is 23.9 Å². The molecule has 1 heterocycles. The summed E-state index contributed by atoms with van der Waals surface area (Å²) in [6, 6.07) is 19.0. The predicted molar refractivity (Wildman–Crippen MR) is 146 cm³/mol. The van der Waals surface area contributed by atoms with Crippen molar-refractivity contribution in [2.75, 3.05) is 13.1 Å². The van der Waals surface area contributed by atoms with Crippen LogP contribution in [0.1, 0.15) is 49.7 Å². The van der Waals surface area contributed by atoms with Gasteiger partial charge in [-0.2, -0.15) is 0 Å². The summed E-state index contributed by atoms with van der Waals surface area (Å²) in [5.41, 5.74) is 3.06. The van der Waals surface area contributed by atoms with Gasteiger partial charge in [0, 0.05) is 11.8 Å². The number of carbonyl (C=O) groups excluding carboxylic acids is 3. The van der Waals surface area contributed by atoms with Gasteiger partial charge in [-0.15, -0.1) is 0 Å². The average molecular weight is 578 g/mol. The van der Waals surface area contributed by atoms with Crippen LogP contribution in [0.25, 0.3) is 0 Å². The van der Waals surface area contributed by atoms with Crippen molar-refractivity contribution in [2.45, 2.75) is 38.4 Å². The molecule has 5 rings (SSSR count). The molecule has 9 nitrogen and oxygen atoms in total. The van der Waals surface area contributed by atoms with E-state index in [4.69, 9.17) is 9.47 Å². The molecular weight excluding hydrogens is 545 g/mol. The summed E-state index contributed by atoms with van der Waals surface area (Å²) in [6.45, 7) is 6.14. The highest BCUT2D eigenvalue weighted by molar-refractivity contribution is 5.95. The third-order valence-corrected chi connectivity index (χ3v) is 7.68. The first-order valence-corrected chi connectivity index (χ1v) is 13.6. The lowest BCUT2D eigenvalue weighted by Crippen LogP contribution is -2.81. The van der Waals surface area contributed by atoms with E-state index < -0.39 is 36.1 Å². The van der Waals surface area contributed by atoms with Crippen LogP contribution in [-0.2, 0) is 19.1 Å². The lowest BCUT2D eigenvalue weighted by atomic mass is 9.64. The van der Waals surface area contributed by atoms with Gasteiger partial charge >= 0.3 is 17.9 Å². The Kier molecular flexibility index (Phi) is 9.69. The molecule has 0 unspecified atom stereocenters. The number of rotatable bonds is 8. The molecule has 3 aromatic rings. The van der Waals surface area contributed by atoms with Crippen molar-refractivity contribution in [1.29, 1.82) is 0 Å². The fourth-order valence-corrected chi connectivity index (χ4v) is 5.25. The minimum atomic E-state index is -2.33. The zero-order valence-electron chi connectivity index (χ0n) is 23.2. The van der Waals surface area contributed by atoms with E-state index in [1.54, 1.807) is 50.2 Å². The molecule has 1 saturated carbocycles. The van der Waals surface area contributed by atoms with Crippen molar-refractivity contribution in [1.82, 2.24) is 0 Å². The molecule has 5 atom stereocenters. The van der Waals surface area contributed by atoms with Gasteiger partial charge in [0.25, 0.3) is 0 Å². The first-order valence-electron chi connectivity index (χ1n) is 13.6. The van der Waals surface area contributed by atoms with Crippen LogP contribution in [-0.4, -0.2) is 54.3 Å². The summed E-state index contributed by atoms with van der Waals surface area (Å²) in [4.78, 5) is 47.2. The lowest BCUT2D eigenvalue weighted by Gasteiger charge is -2.37. The Labute approximate surface area is 242 Å². The van der Waals surface area contributed by atoms with E-state index in [2.05, 4.69) is 5.32 Å². The number of aryl methyl sites for hydroxylation is 2. The Morgan fingerprint density at radius 1 is 0.810 bits per heavy atom. The fourth-order valence-electron chi connectivity index (χ4n) is 5.25. The fraction of sp³-hybridized carbons (Fsp3) is 0.312. The number of carboxylic acids is 2. The van der Waals surface area contributed by atoms with Crippen molar-refractivity contribution in [2.24, 2.45) is 11.8 Å². The quantitative estimate of drug-likeness (QED) is 0.387. The monoisotopic (exact) mass is 577 g/mol. The molecule has 1 aliphatic carbocycles. The molecule has 0 spiro atoms. The standard InChI is InChI=1S/C20H18O8.C12H14FN/c1-11-3-7-13(8-4-11)19(25)27-15(17(21)22)16(18(23)24)28-20(26)14-9-5-12(2)6-10-14;13-10-3-1-8(2-4-10)11-5-9-6-14-7-12(9)11/h3-10,15-16H,1-2H3,(H,21,22)(H,23,24);1-4,9,11-12,14H,5-7H2/t15-,16-;9-,11-,12+/m11/s1. The molecule has 220 valence electrons. The van der Waals surface area contributed by atoms with Crippen molar-refractivity contribution in [3.8, 4) is 0 Å². The molecule has 2 aliphatic rings. The maximum atomic E-state index is 12.7. The topological polar surface area (TPSA) is 147 Å². The Morgan fingerprint density at radius 2 is 1.31 bits per heavy atom. The normalized spacial score (nSPS) is 20.0. The molecule has 42 heavy (non-hydrogen) atoms. The second-order valence-electron chi connectivity index (χ2n) is 10.6. The number of carbonyl (C=O) groups is 4. The molecule has 2 fully saturated rings. The Hall–Kier alpha value is -4.57. The van der Waals surface area contributed by atoms with Gasteiger partial charge in [0.2, 0.25) is 6.10 Å². The van der Waals surface area contributed by atoms with Gasteiger partial charge < -0.3 is 29.8 Å². The number of benzene rings is 3. The van der Waals surface area contributed by atoms with Gasteiger partial charge in [0.05, 0.1) is 30.2 Å². The third-order valence-electron chi connectivity index (χ3n) is 7.68. The molecule has 0 radical (unpaired) electrons. The van der Waals surface area contributed by atoms with Gasteiger partial charge in [0.15, 0.2) is 6.10 Å². The highest BCUT2D eigenvalue weighted by atomic mass is 19.1. The van der Waals surface area contributed by atoms with Crippen LogP contribution in [0.2, 0.25) is 0 Å². The van der Waals surface area contributed by atoms with E-state index >= 15 is 0 Å². The molecule has 0 amide bonds. The van der Waals surface area contributed by atoms with Gasteiger partial charge in [-0.3, -0.25) is 0 Å². The van der Waals surface area contributed by atoms with E-state index in [9.17, 15) is 33.8 Å². The largest absolute Gasteiger partial charge is 0.546 e. The number of fused-ring (bicyclic) bond motifs is 1. The minimum Gasteiger partial charge on any atom is -0.546 e. The number of hydrogen-bond acceptors (Lipinski definition) is 7. The second kappa shape index (κ2) is 13.4. The molecule has 1 aliphatic heterocycles. The summed E-state index contributed by atoms with van der Waals surface area (Å²) < 4.78 is 22.3. The summed E-state index contributed by atoms with van der Waals surface area (Å²) in [5, 5.41) is 23.1. The van der Waals surface area contributed by atoms with E-state index in [0.29, 0.717) is 5.92 Å². The van der Waals surface area contributed by atoms with Crippen LogP contribution >= 0.6 is 0 Å². The highest BCUT2D eigenvalue weighted by Crippen LogP contribution is 2.47. The first kappa shape index (κ1) is 30.4. The zero-order valence-corrected chi connectivity index (χ0v) is 23.2. The van der Waals surface area contributed by atoms with E-state index in [1.807, 2.05) is 12.1 Å². The number of halogens is 1. The number of nitrogens with two attached hydrogens (primary N) is 1. The number of carboxylic acid groups (broad SMARTS) is 2. The molecule has 3 N–H and O–H groups in total. The number of quaternary nitrogens is 1. The van der Waals surface area contributed by atoms with E-state index in [1.165, 1.54) is 49.3 Å². The number of aliphatic carboxylic acids is 2. The Balaban J connectivity index is 0.000000238. The van der Waals surface area contributed by atoms with E-state index in [-0.39, 0.29) is 16.9 Å². The Morgan fingerprint density at radius 3 is 1.76 bits per heavy atom. The molecular formula is C32H32FNO8. The van der Waals surface area contributed by atoms with Crippen LogP contribution in [0.4, 0.5) is 4.39 Å². The van der Waals surface area contributed by atoms with Crippen LogP contribution in [0.5, 0.6) is 0 Å². The minimum absolute atomic E-state index is 0.00542. The molecule has 0 bridgehead atoms. The molecule has 10 heteroatoms. The maximum Gasteiger partial charge on any atom is 0.349 e. The third kappa shape index (κ3) is 7.38. The Bertz CT molecular complexity index is 1350. The SMILES string of the molecule is Cc1ccc(C(=O)O[C@@H](C(=O)[O-])[C@@H](OC(=O)c2ccc(C)cc2)C(=O)O)cc1.Fc1ccc([C@H]2C[C@@H]3C[NH2+]C[C@@H]32)cc1. The summed E-state index contributed by atoms with van der Waals surface area (Å²) >= 11 is 0. The van der Waals surface area contributed by atoms with Crippen LogP contribution in [0.3, 0.4) is 0 Å². The van der Waals surface area contributed by atoms with Gasteiger partial charge in [-0.1, -0.05) is 47.5 Å². The van der Waals surface area contributed by atoms with Crippen molar-refractivity contribution < 1.29 is 48.6 Å². The molecule has 0 aromatic heterocycles. The van der Waals surface area contributed by atoms with Gasteiger partial charge in [-0.05, 0) is 68.1 Å². The number of ether oxygens (including phenoxy) is 2. The molecule has 3 aromatic carbocycles. The van der Waals surface area contributed by atoms with Crippen LogP contribution in [0, 0.1) is 31.5 Å². The number of esters is 2. The maximum absolute atomic E-state index is 12.7. The summed E-state index contributed by atoms with van der Waals surface area (Å²) in [5.74, 6) is -3.60. The molecule has 1 saturated heterocycles. The van der Waals surface area contributed by atoms with Gasteiger partial charge in [0.1, 0.15) is 5.82 Å². The van der Waals surface area contributed by atoms with Gasteiger partial charge in [-0.25, -0.2) is 18.8 Å². The van der Waals surface area contributed by atoms with Crippen LogP contribution in [0.15, 0.2) is 72.8 Å². The smallest absolute Gasteiger partial charge is 0.349 e. The predicted octanol–water partition coefficient (Wildman–Crippen LogP) is 2.01. The van der Waals surface area contributed by atoms with E-state index in [0.717, 1.165) is 23.0 Å². The zero-order chi connectivity index (χ0) is 30.4. The lowest BCUT2D eigenvalue weighted by molar-refractivity contribution is -0.639. The number of hydrogen-bond donors (Lipinski definition) is 2. The highest BCUT2D eigenvalue weighted by Gasteiger charge is 2.47. The van der Waals surface area contributed by atoms with Crippen LogP contribution < -0.4 is 10.4 Å².